The SMILES string of the molecule is Cl.NCC1CCN(S(=O)(=O)c2ccc(OC(F)F)c(F)c2)C1. The third-order valence-electron chi connectivity index (χ3n) is 3.34. The number of alkyl halides is 2. The van der Waals surface area contributed by atoms with Gasteiger partial charge in [-0.3, -0.25) is 0 Å². The highest BCUT2D eigenvalue weighted by atomic mass is 35.5. The Morgan fingerprint density at radius 1 is 1.41 bits per heavy atom. The Labute approximate surface area is 132 Å². The fourth-order valence-electron chi connectivity index (χ4n) is 2.19. The van der Waals surface area contributed by atoms with Gasteiger partial charge < -0.3 is 10.5 Å². The second-order valence-electron chi connectivity index (χ2n) is 4.72. The maximum Gasteiger partial charge on any atom is 0.387 e. The summed E-state index contributed by atoms with van der Waals surface area (Å²) in [7, 11) is -3.85. The van der Waals surface area contributed by atoms with Gasteiger partial charge in [0.1, 0.15) is 0 Å². The highest BCUT2D eigenvalue weighted by Gasteiger charge is 2.32. The summed E-state index contributed by atoms with van der Waals surface area (Å²) in [6.45, 7) is -2.22. The number of rotatable bonds is 5. The third kappa shape index (κ3) is 4.03. The Morgan fingerprint density at radius 3 is 2.59 bits per heavy atom. The molecule has 0 aromatic heterocycles. The maximum absolute atomic E-state index is 13.6. The van der Waals surface area contributed by atoms with Crippen molar-refractivity contribution in [2.24, 2.45) is 11.7 Å². The van der Waals surface area contributed by atoms with Crippen molar-refractivity contribution >= 4 is 22.4 Å². The molecule has 0 radical (unpaired) electrons. The molecule has 2 rings (SSSR count). The monoisotopic (exact) mass is 360 g/mol. The molecule has 1 heterocycles. The van der Waals surface area contributed by atoms with Crippen molar-refractivity contribution in [2.45, 2.75) is 17.9 Å². The average Bonchev–Trinajstić information content (AvgIpc) is 2.90. The van der Waals surface area contributed by atoms with Crippen molar-refractivity contribution in [2.75, 3.05) is 19.6 Å². The fourth-order valence-corrected chi connectivity index (χ4v) is 3.73. The summed E-state index contributed by atoms with van der Waals surface area (Å²) in [5.74, 6) is -1.76. The average molecular weight is 361 g/mol. The van der Waals surface area contributed by atoms with Crippen LogP contribution in [0.4, 0.5) is 13.2 Å². The minimum Gasteiger partial charge on any atom is -0.432 e. The van der Waals surface area contributed by atoms with Crippen LogP contribution in [0, 0.1) is 11.7 Å². The minimum atomic E-state index is -3.85. The molecule has 10 heteroatoms. The van der Waals surface area contributed by atoms with Crippen molar-refractivity contribution in [3.63, 3.8) is 0 Å². The first-order chi connectivity index (χ1) is 9.84. The third-order valence-corrected chi connectivity index (χ3v) is 5.20. The van der Waals surface area contributed by atoms with Crippen molar-refractivity contribution in [3.05, 3.63) is 24.0 Å². The van der Waals surface area contributed by atoms with Crippen LogP contribution in [-0.4, -0.2) is 39.0 Å². The van der Waals surface area contributed by atoms with Gasteiger partial charge in [-0.25, -0.2) is 12.8 Å². The van der Waals surface area contributed by atoms with Gasteiger partial charge in [0.25, 0.3) is 0 Å². The van der Waals surface area contributed by atoms with Gasteiger partial charge in [-0.2, -0.15) is 13.1 Å². The molecule has 1 aromatic carbocycles. The lowest BCUT2D eigenvalue weighted by Gasteiger charge is -2.17. The molecule has 1 unspecified atom stereocenters. The molecule has 126 valence electrons. The number of hydrogen-bond acceptors (Lipinski definition) is 4. The Kier molecular flexibility index (Phi) is 6.48. The van der Waals surface area contributed by atoms with Crippen LogP contribution >= 0.6 is 12.4 Å². The predicted octanol–water partition coefficient (Wildman–Crippen LogP) is 1.82. The second kappa shape index (κ2) is 7.49. The van der Waals surface area contributed by atoms with Crippen LogP contribution in [0.5, 0.6) is 5.75 Å². The molecule has 1 aliphatic rings. The van der Waals surface area contributed by atoms with Gasteiger partial charge in [-0.05, 0) is 37.1 Å². The van der Waals surface area contributed by atoms with Crippen molar-refractivity contribution in [3.8, 4) is 5.75 Å². The zero-order valence-electron chi connectivity index (χ0n) is 11.4. The Morgan fingerprint density at radius 2 is 2.09 bits per heavy atom. The summed E-state index contributed by atoms with van der Waals surface area (Å²) >= 11 is 0. The van der Waals surface area contributed by atoms with Gasteiger partial charge in [0.2, 0.25) is 10.0 Å². The van der Waals surface area contributed by atoms with Crippen LogP contribution in [-0.2, 0) is 10.0 Å². The van der Waals surface area contributed by atoms with Crippen LogP contribution < -0.4 is 10.5 Å². The number of benzene rings is 1. The van der Waals surface area contributed by atoms with Crippen molar-refractivity contribution in [1.29, 1.82) is 0 Å². The highest BCUT2D eigenvalue weighted by molar-refractivity contribution is 7.89. The first kappa shape index (κ1) is 19.0. The fraction of sp³-hybridized carbons (Fsp3) is 0.500. The van der Waals surface area contributed by atoms with E-state index < -0.39 is 28.2 Å². The first-order valence-electron chi connectivity index (χ1n) is 6.29. The lowest BCUT2D eigenvalue weighted by Crippen LogP contribution is -2.30. The highest BCUT2D eigenvalue weighted by Crippen LogP contribution is 2.27. The molecule has 2 N–H and O–H groups in total. The summed E-state index contributed by atoms with van der Waals surface area (Å²) in [5, 5.41) is 0. The number of halogens is 4. The van der Waals surface area contributed by atoms with E-state index in [1.807, 2.05) is 0 Å². The molecule has 22 heavy (non-hydrogen) atoms. The van der Waals surface area contributed by atoms with Crippen LogP contribution in [0.25, 0.3) is 0 Å². The molecular formula is C12H16ClF3N2O3S. The molecule has 0 bridgehead atoms. The van der Waals surface area contributed by atoms with E-state index in [0.29, 0.717) is 25.6 Å². The number of ether oxygens (including phenoxy) is 1. The zero-order chi connectivity index (χ0) is 15.6. The lowest BCUT2D eigenvalue weighted by molar-refractivity contribution is -0.0522. The summed E-state index contributed by atoms with van der Waals surface area (Å²) in [4.78, 5) is -0.292. The lowest BCUT2D eigenvalue weighted by atomic mass is 10.1. The summed E-state index contributed by atoms with van der Waals surface area (Å²) in [5.41, 5.74) is 5.50. The smallest absolute Gasteiger partial charge is 0.387 e. The molecule has 1 atom stereocenters. The van der Waals surface area contributed by atoms with Gasteiger partial charge in [0, 0.05) is 13.1 Å². The summed E-state index contributed by atoms with van der Waals surface area (Å²) in [6, 6.07) is 2.61. The van der Waals surface area contributed by atoms with Crippen molar-refractivity contribution < 1.29 is 26.3 Å². The molecular weight excluding hydrogens is 345 g/mol. The van der Waals surface area contributed by atoms with Gasteiger partial charge in [-0.15, -0.1) is 12.4 Å². The van der Waals surface area contributed by atoms with E-state index in [1.54, 1.807) is 0 Å². The molecule has 5 nitrogen and oxygen atoms in total. The molecule has 1 fully saturated rings. The van der Waals surface area contributed by atoms with E-state index in [-0.39, 0.29) is 29.8 Å². The van der Waals surface area contributed by atoms with E-state index in [9.17, 15) is 21.6 Å². The topological polar surface area (TPSA) is 72.6 Å². The second-order valence-corrected chi connectivity index (χ2v) is 6.66. The molecule has 0 amide bonds. The quantitative estimate of drug-likeness (QED) is 0.869. The predicted molar refractivity (Wildman–Crippen MR) is 76.2 cm³/mol. The number of sulfonamides is 1. The van der Waals surface area contributed by atoms with E-state index in [0.717, 1.165) is 12.1 Å². The summed E-state index contributed by atoms with van der Waals surface area (Å²) in [6.07, 6.45) is 0.644. The Balaban J connectivity index is 0.00000242. The van der Waals surface area contributed by atoms with Gasteiger partial charge in [-0.1, -0.05) is 0 Å². The molecule has 1 aromatic rings. The first-order valence-corrected chi connectivity index (χ1v) is 7.73. The van der Waals surface area contributed by atoms with Crippen LogP contribution in [0.3, 0.4) is 0 Å². The molecule has 1 aliphatic heterocycles. The van der Waals surface area contributed by atoms with Crippen LogP contribution in [0.1, 0.15) is 6.42 Å². The Hall–Kier alpha value is -1.03. The number of nitrogens with zero attached hydrogens (tertiary/aromatic N) is 1. The number of nitrogens with two attached hydrogens (primary N) is 1. The number of hydrogen-bond donors (Lipinski definition) is 1. The molecule has 0 spiro atoms. The van der Waals surface area contributed by atoms with E-state index >= 15 is 0 Å². The van der Waals surface area contributed by atoms with Crippen LogP contribution in [0.2, 0.25) is 0 Å². The minimum absolute atomic E-state index is 0. The molecule has 1 saturated heterocycles. The van der Waals surface area contributed by atoms with Gasteiger partial charge in [0.15, 0.2) is 11.6 Å². The van der Waals surface area contributed by atoms with Gasteiger partial charge >= 0.3 is 6.61 Å². The normalized spacial score (nSPS) is 19.2. The zero-order valence-corrected chi connectivity index (χ0v) is 13.0. The van der Waals surface area contributed by atoms with E-state index in [2.05, 4.69) is 4.74 Å². The standard InChI is InChI=1S/C12H15F3N2O3S.ClH/c13-10-5-9(1-2-11(10)20-12(14)15)21(18,19)17-4-3-8(6-16)7-17;/h1-2,5,8,12H,3-4,6-7,16H2;1H. The molecule has 0 saturated carbocycles. The molecule has 0 aliphatic carbocycles. The van der Waals surface area contributed by atoms with Crippen molar-refractivity contribution in [1.82, 2.24) is 4.31 Å². The Bertz CT molecular complexity index is 616. The van der Waals surface area contributed by atoms with Gasteiger partial charge in [0.05, 0.1) is 4.90 Å². The van der Waals surface area contributed by atoms with Crippen LogP contribution in [0.15, 0.2) is 23.1 Å². The largest absolute Gasteiger partial charge is 0.432 e. The van der Waals surface area contributed by atoms with E-state index in [1.165, 1.54) is 4.31 Å². The van der Waals surface area contributed by atoms with E-state index in [4.69, 9.17) is 5.73 Å². The summed E-state index contributed by atoms with van der Waals surface area (Å²) < 4.78 is 67.5. The maximum atomic E-state index is 13.6.